The molecule has 0 aromatic heterocycles. The van der Waals surface area contributed by atoms with Crippen molar-refractivity contribution < 1.29 is 4.79 Å². The second-order valence-electron chi connectivity index (χ2n) is 6.57. The molecule has 1 atom stereocenters. The fourth-order valence-electron chi connectivity index (χ4n) is 2.87. The molecule has 146 valence electrons. The van der Waals surface area contributed by atoms with Gasteiger partial charge in [-0.05, 0) is 12.5 Å². The van der Waals surface area contributed by atoms with E-state index >= 15 is 0 Å². The summed E-state index contributed by atoms with van der Waals surface area (Å²) in [7, 11) is 0. The standard InChI is InChI=1S/C19H34N6O/c1-17(18-5-3-2-4-6-18)24-19(26)25-15-13-22-11-9-20-7-8-21-10-12-23-14-16-25/h2-6,17,20-23H,7-16H2,1H3,(H,24,26)/t17-/m0/s1. The van der Waals surface area contributed by atoms with Gasteiger partial charge in [-0.3, -0.25) is 0 Å². The van der Waals surface area contributed by atoms with Crippen molar-refractivity contribution in [1.82, 2.24) is 31.5 Å². The van der Waals surface area contributed by atoms with Crippen molar-refractivity contribution >= 4 is 6.03 Å². The zero-order valence-electron chi connectivity index (χ0n) is 15.9. The number of hydrogen-bond donors (Lipinski definition) is 5. The van der Waals surface area contributed by atoms with Gasteiger partial charge in [-0.1, -0.05) is 30.3 Å². The molecule has 1 aromatic rings. The van der Waals surface area contributed by atoms with Crippen LogP contribution in [0.2, 0.25) is 0 Å². The number of nitrogens with zero attached hydrogens (tertiary/aromatic N) is 1. The highest BCUT2D eigenvalue weighted by Crippen LogP contribution is 2.11. The summed E-state index contributed by atoms with van der Waals surface area (Å²) in [5, 5.41) is 16.7. The molecule has 1 saturated heterocycles. The largest absolute Gasteiger partial charge is 0.331 e. The summed E-state index contributed by atoms with van der Waals surface area (Å²) in [5.41, 5.74) is 1.12. The minimum absolute atomic E-state index is 0.00498. The number of carbonyl (C=O) groups excluding carboxylic acids is 1. The van der Waals surface area contributed by atoms with Gasteiger partial charge in [0, 0.05) is 65.4 Å². The number of nitrogens with one attached hydrogen (secondary N) is 5. The van der Waals surface area contributed by atoms with Crippen molar-refractivity contribution in [2.24, 2.45) is 0 Å². The topological polar surface area (TPSA) is 80.5 Å². The highest BCUT2D eigenvalue weighted by molar-refractivity contribution is 5.74. The Hall–Kier alpha value is -1.67. The molecule has 0 bridgehead atoms. The molecule has 0 spiro atoms. The Balaban J connectivity index is 1.84. The molecular weight excluding hydrogens is 328 g/mol. The smallest absolute Gasteiger partial charge is 0.317 e. The fraction of sp³-hybridized carbons (Fsp3) is 0.632. The zero-order valence-corrected chi connectivity index (χ0v) is 15.9. The zero-order chi connectivity index (χ0) is 18.5. The first-order chi connectivity index (χ1) is 12.8. The normalized spacial score (nSPS) is 19.8. The van der Waals surface area contributed by atoms with Crippen molar-refractivity contribution in [2.45, 2.75) is 13.0 Å². The Morgan fingerprint density at radius 2 is 1.31 bits per heavy atom. The first-order valence-electron chi connectivity index (χ1n) is 9.70. The number of rotatable bonds is 2. The second kappa shape index (κ2) is 12.6. The maximum Gasteiger partial charge on any atom is 0.317 e. The third-order valence-corrected chi connectivity index (χ3v) is 4.48. The number of amides is 2. The number of hydrogen-bond acceptors (Lipinski definition) is 5. The van der Waals surface area contributed by atoms with Crippen molar-refractivity contribution in [3.05, 3.63) is 35.9 Å². The van der Waals surface area contributed by atoms with Gasteiger partial charge in [-0.25, -0.2) is 4.79 Å². The lowest BCUT2D eigenvalue weighted by molar-refractivity contribution is 0.194. The van der Waals surface area contributed by atoms with E-state index in [4.69, 9.17) is 0 Å². The Kier molecular flexibility index (Phi) is 10.0. The lowest BCUT2D eigenvalue weighted by Gasteiger charge is -2.26. The monoisotopic (exact) mass is 362 g/mol. The molecule has 5 N–H and O–H groups in total. The minimum atomic E-state index is -0.00878. The van der Waals surface area contributed by atoms with E-state index in [1.54, 1.807) is 0 Å². The number of urea groups is 1. The first kappa shape index (κ1) is 20.6. The maximum absolute atomic E-state index is 12.7. The fourth-order valence-corrected chi connectivity index (χ4v) is 2.87. The molecule has 0 radical (unpaired) electrons. The first-order valence-corrected chi connectivity index (χ1v) is 9.70. The molecule has 2 amide bonds. The van der Waals surface area contributed by atoms with Crippen LogP contribution in [0.25, 0.3) is 0 Å². The lowest BCUT2D eigenvalue weighted by atomic mass is 10.1. The molecule has 1 fully saturated rings. The van der Waals surface area contributed by atoms with Gasteiger partial charge >= 0.3 is 6.03 Å². The van der Waals surface area contributed by atoms with Crippen LogP contribution in [0.3, 0.4) is 0 Å². The van der Waals surface area contributed by atoms with Crippen LogP contribution >= 0.6 is 0 Å². The second-order valence-corrected chi connectivity index (χ2v) is 6.57. The van der Waals surface area contributed by atoms with E-state index in [1.165, 1.54) is 0 Å². The molecule has 7 heteroatoms. The van der Waals surface area contributed by atoms with Gasteiger partial charge in [0.15, 0.2) is 0 Å². The van der Waals surface area contributed by atoms with E-state index in [-0.39, 0.29) is 12.1 Å². The minimum Gasteiger partial charge on any atom is -0.331 e. The van der Waals surface area contributed by atoms with E-state index in [0.29, 0.717) is 13.1 Å². The van der Waals surface area contributed by atoms with Gasteiger partial charge in [0.05, 0.1) is 6.04 Å². The number of benzene rings is 1. The van der Waals surface area contributed by atoms with Crippen molar-refractivity contribution in [1.29, 1.82) is 0 Å². The predicted octanol–water partition coefficient (Wildman–Crippen LogP) is 0.131. The summed E-state index contributed by atoms with van der Waals surface area (Å²) in [5.74, 6) is 0. The van der Waals surface area contributed by atoms with E-state index < -0.39 is 0 Å². The molecule has 1 heterocycles. The summed E-state index contributed by atoms with van der Waals surface area (Å²) >= 11 is 0. The summed E-state index contributed by atoms with van der Waals surface area (Å²) in [6.07, 6.45) is 0. The van der Waals surface area contributed by atoms with E-state index in [9.17, 15) is 4.79 Å². The van der Waals surface area contributed by atoms with Crippen molar-refractivity contribution in [2.75, 3.05) is 65.4 Å². The van der Waals surface area contributed by atoms with Gasteiger partial charge in [0.1, 0.15) is 0 Å². The Bertz CT molecular complexity index is 482. The van der Waals surface area contributed by atoms with Crippen LogP contribution in [0.15, 0.2) is 30.3 Å². The lowest BCUT2D eigenvalue weighted by Crippen LogP contribution is -2.47. The van der Waals surface area contributed by atoms with Gasteiger partial charge < -0.3 is 31.5 Å². The van der Waals surface area contributed by atoms with E-state index in [2.05, 4.69) is 26.6 Å². The molecule has 1 aliphatic rings. The molecule has 7 nitrogen and oxygen atoms in total. The Labute approximate surface area is 157 Å². The Morgan fingerprint density at radius 1 is 0.846 bits per heavy atom. The summed E-state index contributed by atoms with van der Waals surface area (Å²) in [6.45, 7) is 10.7. The summed E-state index contributed by atoms with van der Waals surface area (Å²) < 4.78 is 0. The molecule has 0 unspecified atom stereocenters. The van der Waals surface area contributed by atoms with Crippen LogP contribution in [0, 0.1) is 0 Å². The van der Waals surface area contributed by atoms with Crippen LogP contribution in [0.4, 0.5) is 4.79 Å². The Morgan fingerprint density at radius 3 is 1.81 bits per heavy atom. The average molecular weight is 363 g/mol. The van der Waals surface area contributed by atoms with Gasteiger partial charge in [-0.2, -0.15) is 0 Å². The third-order valence-electron chi connectivity index (χ3n) is 4.48. The van der Waals surface area contributed by atoms with Crippen LogP contribution in [0.5, 0.6) is 0 Å². The van der Waals surface area contributed by atoms with Crippen molar-refractivity contribution in [3.8, 4) is 0 Å². The van der Waals surface area contributed by atoms with Crippen molar-refractivity contribution in [3.63, 3.8) is 0 Å². The van der Waals surface area contributed by atoms with Crippen LogP contribution < -0.4 is 26.6 Å². The molecular formula is C19H34N6O. The van der Waals surface area contributed by atoms with Gasteiger partial charge in [-0.15, -0.1) is 0 Å². The summed E-state index contributed by atoms with van der Waals surface area (Å²) in [6, 6.07) is 10.1. The van der Waals surface area contributed by atoms with Crippen LogP contribution in [-0.2, 0) is 0 Å². The molecule has 2 rings (SSSR count). The van der Waals surface area contributed by atoms with Gasteiger partial charge in [0.2, 0.25) is 0 Å². The average Bonchev–Trinajstić information content (AvgIpc) is 2.67. The highest BCUT2D eigenvalue weighted by Gasteiger charge is 2.16. The predicted molar refractivity (Wildman–Crippen MR) is 106 cm³/mol. The quantitative estimate of drug-likeness (QED) is 0.517. The molecule has 0 saturated carbocycles. The molecule has 1 aliphatic heterocycles. The van der Waals surface area contributed by atoms with Crippen LogP contribution in [0.1, 0.15) is 18.5 Å². The highest BCUT2D eigenvalue weighted by atomic mass is 16.2. The van der Waals surface area contributed by atoms with Gasteiger partial charge in [0.25, 0.3) is 0 Å². The van der Waals surface area contributed by atoms with E-state index in [1.807, 2.05) is 42.2 Å². The molecule has 26 heavy (non-hydrogen) atoms. The third kappa shape index (κ3) is 8.14. The van der Waals surface area contributed by atoms with Crippen LogP contribution in [-0.4, -0.2) is 76.4 Å². The maximum atomic E-state index is 12.7. The molecule has 0 aliphatic carbocycles. The van der Waals surface area contributed by atoms with E-state index in [0.717, 1.165) is 57.9 Å². The molecule has 1 aromatic carbocycles. The SMILES string of the molecule is C[C@H](NC(=O)N1CCNCCNCCNCCNCC1)c1ccccc1. The number of carbonyl (C=O) groups is 1. The summed E-state index contributed by atoms with van der Waals surface area (Å²) in [4.78, 5) is 14.6.